The monoisotopic (exact) mass is 356 g/mol. The first-order valence-corrected chi connectivity index (χ1v) is 8.34. The maximum absolute atomic E-state index is 13.3. The second kappa shape index (κ2) is 7.49. The van der Waals surface area contributed by atoms with Gasteiger partial charge in [-0.2, -0.15) is 4.98 Å². The molecule has 1 N–H and O–H groups in total. The number of hydrogen-bond acceptors (Lipinski definition) is 4. The summed E-state index contributed by atoms with van der Waals surface area (Å²) in [5, 5.41) is 3.19. The van der Waals surface area contributed by atoms with Gasteiger partial charge in [0.15, 0.2) is 0 Å². The standard InChI is InChI=1S/C19H18ClFN4/c1-3-25(15-6-4-5-13(2)11-15)19-22-10-9-18(24-19)23-14-7-8-17(21)16(20)12-14/h4-12H,3H2,1-2H3,(H,22,23,24). The molecule has 2 aromatic carbocycles. The highest BCUT2D eigenvalue weighted by molar-refractivity contribution is 6.31. The van der Waals surface area contributed by atoms with Crippen molar-refractivity contribution in [1.82, 2.24) is 9.97 Å². The number of benzene rings is 2. The van der Waals surface area contributed by atoms with E-state index in [1.54, 1.807) is 18.3 Å². The minimum Gasteiger partial charge on any atom is -0.340 e. The van der Waals surface area contributed by atoms with Crippen LogP contribution < -0.4 is 10.2 Å². The molecule has 25 heavy (non-hydrogen) atoms. The smallest absolute Gasteiger partial charge is 0.231 e. The number of anilines is 4. The van der Waals surface area contributed by atoms with Crippen LogP contribution in [0.25, 0.3) is 0 Å². The maximum Gasteiger partial charge on any atom is 0.231 e. The molecule has 0 amide bonds. The molecular formula is C19H18ClFN4. The van der Waals surface area contributed by atoms with Crippen molar-refractivity contribution in [1.29, 1.82) is 0 Å². The van der Waals surface area contributed by atoms with Crippen molar-refractivity contribution in [2.24, 2.45) is 0 Å². The molecular weight excluding hydrogens is 339 g/mol. The summed E-state index contributed by atoms with van der Waals surface area (Å²) in [6.45, 7) is 4.83. The molecule has 0 saturated heterocycles. The van der Waals surface area contributed by atoms with E-state index in [0.717, 1.165) is 12.2 Å². The predicted octanol–water partition coefficient (Wildman–Crippen LogP) is 5.48. The zero-order chi connectivity index (χ0) is 17.8. The minimum atomic E-state index is -0.452. The third kappa shape index (κ3) is 4.06. The van der Waals surface area contributed by atoms with Gasteiger partial charge in [-0.05, 0) is 55.8 Å². The van der Waals surface area contributed by atoms with Crippen LogP contribution in [-0.4, -0.2) is 16.5 Å². The lowest BCUT2D eigenvalue weighted by atomic mass is 10.2. The highest BCUT2D eigenvalue weighted by atomic mass is 35.5. The summed E-state index contributed by atoms with van der Waals surface area (Å²) in [5.74, 6) is 0.747. The fourth-order valence-electron chi connectivity index (χ4n) is 2.51. The normalized spacial score (nSPS) is 10.6. The average molecular weight is 357 g/mol. The van der Waals surface area contributed by atoms with Gasteiger partial charge in [0.1, 0.15) is 11.6 Å². The van der Waals surface area contributed by atoms with E-state index in [-0.39, 0.29) is 5.02 Å². The quantitative estimate of drug-likeness (QED) is 0.657. The molecule has 0 spiro atoms. The molecule has 4 nitrogen and oxygen atoms in total. The summed E-state index contributed by atoms with van der Waals surface area (Å²) in [7, 11) is 0. The summed E-state index contributed by atoms with van der Waals surface area (Å²) >= 11 is 5.82. The summed E-state index contributed by atoms with van der Waals surface area (Å²) in [6, 6.07) is 14.4. The van der Waals surface area contributed by atoms with E-state index in [1.807, 2.05) is 24.0 Å². The highest BCUT2D eigenvalue weighted by Crippen LogP contribution is 2.25. The molecule has 0 bridgehead atoms. The lowest BCUT2D eigenvalue weighted by Gasteiger charge is -2.21. The fourth-order valence-corrected chi connectivity index (χ4v) is 2.69. The van der Waals surface area contributed by atoms with Crippen LogP contribution >= 0.6 is 11.6 Å². The number of aromatic nitrogens is 2. The van der Waals surface area contributed by atoms with Gasteiger partial charge in [-0.3, -0.25) is 0 Å². The van der Waals surface area contributed by atoms with Crippen LogP contribution in [0.4, 0.5) is 27.5 Å². The van der Waals surface area contributed by atoms with Crippen LogP contribution in [0.3, 0.4) is 0 Å². The van der Waals surface area contributed by atoms with E-state index in [1.165, 1.54) is 17.7 Å². The number of rotatable bonds is 5. The number of halogens is 2. The molecule has 0 saturated carbocycles. The molecule has 3 aromatic rings. The van der Waals surface area contributed by atoms with Crippen molar-refractivity contribution in [3.8, 4) is 0 Å². The summed E-state index contributed by atoms with van der Waals surface area (Å²) in [6.07, 6.45) is 1.69. The van der Waals surface area contributed by atoms with Crippen molar-refractivity contribution >= 4 is 34.7 Å². The van der Waals surface area contributed by atoms with E-state index in [2.05, 4.69) is 34.3 Å². The molecule has 6 heteroatoms. The molecule has 0 atom stereocenters. The Labute approximate surface area is 151 Å². The van der Waals surface area contributed by atoms with Crippen LogP contribution in [-0.2, 0) is 0 Å². The Kier molecular flexibility index (Phi) is 5.14. The predicted molar refractivity (Wildman–Crippen MR) is 101 cm³/mol. The molecule has 0 fully saturated rings. The van der Waals surface area contributed by atoms with E-state index < -0.39 is 5.82 Å². The molecule has 3 rings (SSSR count). The van der Waals surface area contributed by atoms with Gasteiger partial charge in [0.05, 0.1) is 5.02 Å². The van der Waals surface area contributed by atoms with Crippen LogP contribution in [0.2, 0.25) is 5.02 Å². The Bertz CT molecular complexity index is 885. The van der Waals surface area contributed by atoms with Gasteiger partial charge in [0.25, 0.3) is 0 Å². The van der Waals surface area contributed by atoms with Crippen LogP contribution in [0.15, 0.2) is 54.7 Å². The van der Waals surface area contributed by atoms with E-state index in [9.17, 15) is 4.39 Å². The zero-order valence-electron chi connectivity index (χ0n) is 14.0. The zero-order valence-corrected chi connectivity index (χ0v) is 14.8. The van der Waals surface area contributed by atoms with Crippen molar-refractivity contribution in [2.75, 3.05) is 16.8 Å². The third-order valence-electron chi connectivity index (χ3n) is 3.71. The average Bonchev–Trinajstić information content (AvgIpc) is 2.59. The number of nitrogens with zero attached hydrogens (tertiary/aromatic N) is 3. The molecule has 1 heterocycles. The van der Waals surface area contributed by atoms with Gasteiger partial charge in [-0.1, -0.05) is 23.7 Å². The Morgan fingerprint density at radius 2 is 2.00 bits per heavy atom. The first kappa shape index (κ1) is 17.2. The van der Waals surface area contributed by atoms with Gasteiger partial charge >= 0.3 is 0 Å². The van der Waals surface area contributed by atoms with E-state index >= 15 is 0 Å². The van der Waals surface area contributed by atoms with Crippen LogP contribution in [0.1, 0.15) is 12.5 Å². The molecule has 0 aliphatic carbocycles. The maximum atomic E-state index is 13.3. The van der Waals surface area contributed by atoms with Gasteiger partial charge < -0.3 is 10.2 Å². The molecule has 0 radical (unpaired) electrons. The first-order valence-electron chi connectivity index (χ1n) is 7.96. The second-order valence-corrected chi connectivity index (χ2v) is 5.99. The summed E-state index contributed by atoms with van der Waals surface area (Å²) in [5.41, 5.74) is 2.87. The summed E-state index contributed by atoms with van der Waals surface area (Å²) in [4.78, 5) is 11.0. The van der Waals surface area contributed by atoms with Gasteiger partial charge in [0, 0.05) is 24.1 Å². The van der Waals surface area contributed by atoms with E-state index in [0.29, 0.717) is 17.5 Å². The highest BCUT2D eigenvalue weighted by Gasteiger charge is 2.11. The lowest BCUT2D eigenvalue weighted by Crippen LogP contribution is -2.19. The lowest BCUT2D eigenvalue weighted by molar-refractivity contribution is 0.628. The topological polar surface area (TPSA) is 41.1 Å². The Morgan fingerprint density at radius 3 is 2.72 bits per heavy atom. The molecule has 0 unspecified atom stereocenters. The second-order valence-electron chi connectivity index (χ2n) is 5.58. The van der Waals surface area contributed by atoms with E-state index in [4.69, 9.17) is 11.6 Å². The minimum absolute atomic E-state index is 0.0641. The SMILES string of the molecule is CCN(c1cccc(C)c1)c1nccc(Nc2ccc(F)c(Cl)c2)n1. The molecule has 1 aromatic heterocycles. The molecule has 128 valence electrons. The third-order valence-corrected chi connectivity index (χ3v) is 4.00. The van der Waals surface area contributed by atoms with Gasteiger partial charge in [0.2, 0.25) is 5.95 Å². The van der Waals surface area contributed by atoms with Crippen LogP contribution in [0, 0.1) is 12.7 Å². The Morgan fingerprint density at radius 1 is 1.16 bits per heavy atom. The number of nitrogens with one attached hydrogen (secondary N) is 1. The van der Waals surface area contributed by atoms with Crippen molar-refractivity contribution in [3.63, 3.8) is 0 Å². The van der Waals surface area contributed by atoms with Crippen LogP contribution in [0.5, 0.6) is 0 Å². The van der Waals surface area contributed by atoms with Crippen molar-refractivity contribution in [3.05, 3.63) is 71.1 Å². The van der Waals surface area contributed by atoms with Gasteiger partial charge in [-0.15, -0.1) is 0 Å². The Hall–Kier alpha value is -2.66. The first-order chi connectivity index (χ1) is 12.1. The number of hydrogen-bond donors (Lipinski definition) is 1. The van der Waals surface area contributed by atoms with Crippen molar-refractivity contribution in [2.45, 2.75) is 13.8 Å². The summed E-state index contributed by atoms with van der Waals surface area (Å²) < 4.78 is 13.3. The molecule has 0 aliphatic heterocycles. The fraction of sp³-hybridized carbons (Fsp3) is 0.158. The number of aryl methyl sites for hydroxylation is 1. The van der Waals surface area contributed by atoms with Gasteiger partial charge in [-0.25, -0.2) is 9.37 Å². The Balaban J connectivity index is 1.88. The largest absolute Gasteiger partial charge is 0.340 e. The van der Waals surface area contributed by atoms with Crippen molar-refractivity contribution < 1.29 is 4.39 Å². The molecule has 0 aliphatic rings.